The summed E-state index contributed by atoms with van der Waals surface area (Å²) in [5, 5.41) is 44.8. The van der Waals surface area contributed by atoms with Crippen molar-refractivity contribution < 1.29 is 48.9 Å². The topological polar surface area (TPSA) is 276 Å². The second-order valence-corrected chi connectivity index (χ2v) is 12.6. The molecule has 7 rings (SSSR count). The number of anilines is 2. The lowest BCUT2D eigenvalue weighted by molar-refractivity contribution is -0.686. The quantitative estimate of drug-likeness (QED) is 0.0696. The van der Waals surface area contributed by atoms with Crippen molar-refractivity contribution in [1.29, 1.82) is 0 Å². The standard InChI is InChI=1S/C19H19N7O6.C19H17NO4/c20-19-25-15-14(17(30)26-19)23-11(8-22-15)7-21-10-3-1-9(2-4-10)16(29)24-12(18(31)32)5-6-13(27)28;1-23-18-4-3-11-7-15-13-9-17(22)16(21)8-12(13)5-6-20(15)10-14(11)19(18)24-2/h1-4,8,12,21H,5-7H2,(H,24,29)(H,27,28)(H,31,32)(H3,20,22,25,26,30);3-4,7-10,22H,5-6H2,1-2H3/p+1/t12-;/m0./s1. The second kappa shape index (κ2) is 16.3. The van der Waals surface area contributed by atoms with Crippen molar-refractivity contribution in [2.45, 2.75) is 38.4 Å². The Kier molecular flexibility index (Phi) is 11.1. The highest BCUT2D eigenvalue weighted by molar-refractivity contribution is 5.97. The zero-order valence-electron chi connectivity index (χ0n) is 30.1. The smallest absolute Gasteiger partial charge is 0.326 e. The van der Waals surface area contributed by atoms with E-state index < -0.39 is 29.4 Å². The van der Waals surface area contributed by atoms with E-state index >= 15 is 0 Å². The van der Waals surface area contributed by atoms with Gasteiger partial charge in [0.2, 0.25) is 11.6 Å². The Morgan fingerprint density at radius 2 is 1.75 bits per heavy atom. The SMILES string of the molecule is COc1ccc2cc3[n+](cc2c1OC)CCc1cc(O)c(O)cc1-3.Nc1nc2ncc(CNc3ccc(C(=O)N[C@@H](CCC(=O)O)C(=O)O)cc3)nc2c(=O)[nH]1. The summed E-state index contributed by atoms with van der Waals surface area (Å²) in [6.45, 7) is 1.03. The van der Waals surface area contributed by atoms with E-state index in [1.807, 2.05) is 12.1 Å². The summed E-state index contributed by atoms with van der Waals surface area (Å²) in [7, 11) is 3.26. The van der Waals surface area contributed by atoms with Gasteiger partial charge in [0.25, 0.3) is 11.5 Å². The Bertz CT molecular complexity index is 2540. The number of aromatic amines is 1. The molecule has 1 aliphatic heterocycles. The minimum Gasteiger partial charge on any atom is -0.504 e. The predicted molar refractivity (Wildman–Crippen MR) is 202 cm³/mol. The van der Waals surface area contributed by atoms with Crippen LogP contribution < -0.4 is 36.0 Å². The first-order valence-corrected chi connectivity index (χ1v) is 17.1. The van der Waals surface area contributed by atoms with Crippen molar-refractivity contribution >= 4 is 51.4 Å². The number of carboxylic acids is 2. The number of nitrogens with one attached hydrogen (secondary N) is 3. The number of carbonyl (C=O) groups is 3. The number of fused-ring (bicyclic) bond motifs is 5. The molecule has 4 heterocycles. The molecule has 0 aliphatic carbocycles. The third-order valence-electron chi connectivity index (χ3n) is 8.96. The van der Waals surface area contributed by atoms with Crippen molar-refractivity contribution in [3.63, 3.8) is 0 Å². The molecular formula is C38H37N8O10+. The van der Waals surface area contributed by atoms with Crippen molar-refractivity contribution in [2.75, 3.05) is 25.3 Å². The highest BCUT2D eigenvalue weighted by Gasteiger charge is 2.27. The number of benzene rings is 3. The van der Waals surface area contributed by atoms with Gasteiger partial charge in [0.05, 0.1) is 43.6 Å². The van der Waals surface area contributed by atoms with Crippen LogP contribution >= 0.6 is 0 Å². The fraction of sp³-hybridized carbons (Fsp3) is 0.211. The number of aromatic hydroxyl groups is 2. The number of nitrogen functional groups attached to an aromatic ring is 1. The molecule has 1 aliphatic rings. The van der Waals surface area contributed by atoms with Crippen LogP contribution in [0.15, 0.2) is 71.8 Å². The van der Waals surface area contributed by atoms with E-state index in [-0.39, 0.29) is 53.6 Å². The first-order valence-electron chi connectivity index (χ1n) is 17.1. The number of amides is 1. The number of aryl methyl sites for hydroxylation is 2. The number of carbonyl (C=O) groups excluding carboxylic acids is 1. The van der Waals surface area contributed by atoms with E-state index in [9.17, 15) is 29.4 Å². The number of aromatic nitrogens is 5. The maximum atomic E-state index is 12.3. The largest absolute Gasteiger partial charge is 0.504 e. The number of phenols is 2. The molecule has 0 saturated heterocycles. The first kappa shape index (κ1) is 38.2. The number of hydrogen-bond acceptors (Lipinski definition) is 13. The summed E-state index contributed by atoms with van der Waals surface area (Å²) in [5.74, 6) is -1.92. The number of hydrogen-bond donors (Lipinski definition) is 8. The number of nitrogens with zero attached hydrogens (tertiary/aromatic N) is 4. The van der Waals surface area contributed by atoms with E-state index in [1.54, 1.807) is 38.5 Å². The molecule has 9 N–H and O–H groups in total. The molecule has 56 heavy (non-hydrogen) atoms. The zero-order valence-corrected chi connectivity index (χ0v) is 30.1. The Morgan fingerprint density at radius 3 is 2.45 bits per heavy atom. The maximum absolute atomic E-state index is 12.3. The van der Waals surface area contributed by atoms with Crippen LogP contribution in [0.3, 0.4) is 0 Å². The summed E-state index contributed by atoms with van der Waals surface area (Å²) in [4.78, 5) is 60.6. The number of phenolic OH excluding ortho intramolecular Hbond substituents is 2. The highest BCUT2D eigenvalue weighted by Crippen LogP contribution is 2.39. The molecule has 0 fully saturated rings. The molecule has 1 amide bonds. The molecule has 18 heteroatoms. The Morgan fingerprint density at radius 1 is 1.00 bits per heavy atom. The van der Waals surface area contributed by atoms with Gasteiger partial charge >= 0.3 is 11.9 Å². The van der Waals surface area contributed by atoms with E-state index in [0.717, 1.165) is 40.6 Å². The normalized spacial score (nSPS) is 12.0. The molecule has 18 nitrogen and oxygen atoms in total. The van der Waals surface area contributed by atoms with Crippen LogP contribution in [0.2, 0.25) is 0 Å². The number of rotatable bonds is 11. The predicted octanol–water partition coefficient (Wildman–Crippen LogP) is 2.73. The fourth-order valence-corrected chi connectivity index (χ4v) is 6.16. The number of pyridine rings is 1. The average Bonchev–Trinajstić information content (AvgIpc) is 3.18. The monoisotopic (exact) mass is 765 g/mol. The molecule has 3 aromatic carbocycles. The first-order chi connectivity index (χ1) is 26.8. The molecule has 0 radical (unpaired) electrons. The lowest BCUT2D eigenvalue weighted by atomic mass is 9.95. The molecule has 0 bridgehead atoms. The number of nitrogens with two attached hydrogens (primary N) is 1. The van der Waals surface area contributed by atoms with Crippen LogP contribution in [0.25, 0.3) is 33.2 Å². The molecule has 3 aromatic heterocycles. The Balaban J connectivity index is 0.000000197. The number of methoxy groups -OCH3 is 2. The van der Waals surface area contributed by atoms with Crippen molar-refractivity contribution in [3.05, 3.63) is 94.2 Å². The van der Waals surface area contributed by atoms with E-state index in [0.29, 0.717) is 22.9 Å². The van der Waals surface area contributed by atoms with Gasteiger partial charge in [0.1, 0.15) is 6.04 Å². The number of H-pyrrole nitrogens is 1. The summed E-state index contributed by atoms with van der Waals surface area (Å²) in [5.41, 5.74) is 9.45. The highest BCUT2D eigenvalue weighted by atomic mass is 16.5. The van der Waals surface area contributed by atoms with Gasteiger partial charge in [-0.1, -0.05) is 0 Å². The van der Waals surface area contributed by atoms with Crippen LogP contribution in [0.4, 0.5) is 11.6 Å². The van der Waals surface area contributed by atoms with Crippen LogP contribution in [0.1, 0.15) is 34.5 Å². The number of ether oxygens (including phenoxy) is 2. The van der Waals surface area contributed by atoms with Crippen LogP contribution in [-0.4, -0.2) is 78.5 Å². The third kappa shape index (κ3) is 8.33. The molecule has 288 valence electrons. The zero-order chi connectivity index (χ0) is 40.1. The van der Waals surface area contributed by atoms with Crippen molar-refractivity contribution in [1.82, 2.24) is 25.3 Å². The minimum absolute atomic E-state index is 0.0524. The van der Waals surface area contributed by atoms with E-state index in [1.165, 1.54) is 18.3 Å². The lowest BCUT2D eigenvalue weighted by Crippen LogP contribution is -2.41. The van der Waals surface area contributed by atoms with Gasteiger partial charge in [-0.15, -0.1) is 0 Å². The van der Waals surface area contributed by atoms with Crippen molar-refractivity contribution in [3.8, 4) is 34.3 Å². The van der Waals surface area contributed by atoms with Crippen LogP contribution in [-0.2, 0) is 29.1 Å². The lowest BCUT2D eigenvalue weighted by Gasteiger charge is -2.17. The van der Waals surface area contributed by atoms with Gasteiger partial charge in [0, 0.05) is 30.2 Å². The number of carboxylic acid groups (broad SMARTS) is 2. The summed E-state index contributed by atoms with van der Waals surface area (Å²) < 4.78 is 13.1. The van der Waals surface area contributed by atoms with Gasteiger partial charge in [-0.05, 0) is 65.9 Å². The van der Waals surface area contributed by atoms with Crippen LogP contribution in [0, 0.1) is 0 Å². The summed E-state index contributed by atoms with van der Waals surface area (Å²) >= 11 is 0. The van der Waals surface area contributed by atoms with Gasteiger partial charge in [-0.3, -0.25) is 19.4 Å². The molecule has 6 aromatic rings. The minimum atomic E-state index is -1.31. The Labute approximate surface area is 317 Å². The molecule has 0 spiro atoms. The average molecular weight is 766 g/mol. The number of aliphatic carboxylic acids is 2. The van der Waals surface area contributed by atoms with Gasteiger partial charge < -0.3 is 46.3 Å². The molecular weight excluding hydrogens is 728 g/mol. The fourth-order valence-electron chi connectivity index (χ4n) is 6.16. The van der Waals surface area contributed by atoms with Crippen LogP contribution in [0.5, 0.6) is 23.0 Å². The van der Waals surface area contributed by atoms with E-state index in [4.69, 9.17) is 25.4 Å². The molecule has 0 saturated carbocycles. The summed E-state index contributed by atoms with van der Waals surface area (Å²) in [6, 6.07) is 14.1. The second-order valence-electron chi connectivity index (χ2n) is 12.6. The maximum Gasteiger partial charge on any atom is 0.326 e. The molecule has 0 unspecified atom stereocenters. The van der Waals surface area contributed by atoms with Gasteiger partial charge in [0.15, 0.2) is 46.9 Å². The van der Waals surface area contributed by atoms with Gasteiger partial charge in [-0.25, -0.2) is 14.8 Å². The summed E-state index contributed by atoms with van der Waals surface area (Å²) in [6.07, 6.45) is 3.69. The third-order valence-corrected chi connectivity index (χ3v) is 8.96. The van der Waals surface area contributed by atoms with Crippen molar-refractivity contribution in [2.24, 2.45) is 0 Å². The molecule has 1 atom stereocenters. The van der Waals surface area contributed by atoms with E-state index in [2.05, 4.69) is 47.4 Å². The Hall–Kier alpha value is -7.50. The van der Waals surface area contributed by atoms with Gasteiger partial charge in [-0.2, -0.15) is 9.55 Å².